The molecule has 11 bridgehead atoms. The Hall–Kier alpha value is -8.88. The van der Waals surface area contributed by atoms with Gasteiger partial charge >= 0.3 is 5.97 Å². The third-order valence-electron chi connectivity index (χ3n) is 14.1. The zero-order valence-corrected chi connectivity index (χ0v) is 47.6. The van der Waals surface area contributed by atoms with Crippen LogP contribution in [-0.2, 0) is 38.4 Å². The number of carboxylic acids is 1. The quantitative estimate of drug-likeness (QED) is 0.0850. The Morgan fingerprint density at radius 3 is 1.77 bits per heavy atom. The molecule has 25 nitrogen and oxygen atoms in total. The number of benzene rings is 5. The maximum absolute atomic E-state index is 15.7. The van der Waals surface area contributed by atoms with Gasteiger partial charge in [0.25, 0.3) is 0 Å². The number of carbonyl (C=O) groups excluding carboxylic acids is 7. The number of amides is 7. The first kappa shape index (κ1) is 61.2. The third-order valence-corrected chi connectivity index (χ3v) is 14.7. The number of ether oxygens (including phenoxy) is 6. The van der Waals surface area contributed by atoms with Gasteiger partial charge in [-0.25, -0.2) is 4.79 Å². The van der Waals surface area contributed by atoms with E-state index in [2.05, 4.69) is 37.2 Å². The van der Waals surface area contributed by atoms with Crippen molar-refractivity contribution in [2.45, 2.75) is 81.2 Å². The van der Waals surface area contributed by atoms with Gasteiger partial charge in [0.1, 0.15) is 71.2 Å². The Morgan fingerprint density at radius 2 is 1.23 bits per heavy atom. The molecular weight excluding hydrogens is 1140 g/mol. The SMILES string of the molecule is CN[C@H](CC(C)C)C(=O)N[C@H]1C(=O)N[C@@H](CC(N)=O)C(=O)N[C@H]2C(=O)N[C@H]3C(=O)N[C@H](C(=O)N[C@H](C(=O)O)c4cc(OC)cc(OC)c4-c4cc3ccc4OC)[C@H](O)c3ccc(c(Cl)c3)Oc3cc2cc(c3OC)Oc2ccc(cc2Cl)[C@H]1O. The van der Waals surface area contributed by atoms with Crippen molar-refractivity contribution in [3.63, 3.8) is 0 Å². The minimum Gasteiger partial charge on any atom is -0.497 e. The molecule has 0 spiro atoms. The van der Waals surface area contributed by atoms with Crippen molar-refractivity contribution in [1.82, 2.24) is 37.2 Å². The fourth-order valence-corrected chi connectivity index (χ4v) is 10.4. The van der Waals surface area contributed by atoms with Crippen LogP contribution in [0.3, 0.4) is 0 Å². The molecule has 0 saturated carbocycles. The fraction of sp³-hybridized carbons (Fsp3) is 0.333. The molecule has 0 fully saturated rings. The molecule has 0 unspecified atom stereocenters. The molecular formula is C57H60Cl2N8O17. The van der Waals surface area contributed by atoms with Gasteiger partial charge in [0.15, 0.2) is 17.5 Å². The van der Waals surface area contributed by atoms with Gasteiger partial charge in [-0.3, -0.25) is 33.6 Å². The number of carboxylic acid groups (broad SMARTS) is 1. The molecule has 444 valence electrons. The van der Waals surface area contributed by atoms with Crippen LogP contribution in [0.15, 0.2) is 78.9 Å². The standard InChI is InChI=1S/C57H60Cl2N8O17/c1-23(2)14-33(61-3)51(71)66-46-48(69)25-9-12-36(31(58)16-25)83-39-18-27-19-40(50(39)82-7)84-37-13-10-26(17-32(37)59)49(70)47-56(76)65-45(57(77)78)30-20-28(79-4)21-38(81-6)42(30)29-15-24(8-11-35(29)80-5)43(53(73)67-47)64-54(74)44(27)63-52(72)34(22-41(60)68)62-55(46)75/h8-13,15-21,23,33-34,43-49,61,69-70H,14,22H2,1-7H3,(H2,60,68)(H,62,75)(H,63,72)(H,64,74)(H,65,76)(H,66,71)(H,67,73)(H,77,78)/t33-,34+,43-,44-,45+,46-,47+,48-,49-/m1/s1. The summed E-state index contributed by atoms with van der Waals surface area (Å²) in [5, 5.41) is 52.6. The molecule has 27 heteroatoms. The average Bonchev–Trinajstić information content (AvgIpc) is 2.07. The zero-order valence-electron chi connectivity index (χ0n) is 46.1. The molecule has 5 heterocycles. The molecule has 5 aliphatic rings. The molecule has 0 aliphatic carbocycles. The number of nitrogens with two attached hydrogens (primary N) is 1. The van der Waals surface area contributed by atoms with Crippen molar-refractivity contribution in [3.8, 4) is 57.1 Å². The van der Waals surface area contributed by atoms with Gasteiger partial charge in [0, 0.05) is 22.8 Å². The summed E-state index contributed by atoms with van der Waals surface area (Å²) in [6.45, 7) is 3.73. The van der Waals surface area contributed by atoms with Crippen LogP contribution < -0.4 is 71.4 Å². The van der Waals surface area contributed by atoms with Crippen LogP contribution in [0.5, 0.6) is 46.0 Å². The Kier molecular flexibility index (Phi) is 18.7. The van der Waals surface area contributed by atoms with Crippen molar-refractivity contribution < 1.29 is 82.1 Å². The first-order chi connectivity index (χ1) is 40.0. The Bertz CT molecular complexity index is 3460. The number of hydrogen-bond donors (Lipinski definition) is 11. The van der Waals surface area contributed by atoms with Crippen LogP contribution in [0.25, 0.3) is 11.1 Å². The van der Waals surface area contributed by atoms with Crippen molar-refractivity contribution in [3.05, 3.63) is 117 Å². The number of aliphatic carboxylic acids is 1. The molecule has 5 aromatic carbocycles. The normalized spacial score (nSPS) is 21.8. The number of carbonyl (C=O) groups is 8. The molecule has 7 amide bonds. The second kappa shape index (κ2) is 25.7. The summed E-state index contributed by atoms with van der Waals surface area (Å²) < 4.78 is 35.7. The second-order valence-electron chi connectivity index (χ2n) is 20.1. The summed E-state index contributed by atoms with van der Waals surface area (Å²) in [6.07, 6.45) is -4.56. The summed E-state index contributed by atoms with van der Waals surface area (Å²) >= 11 is 13.8. The van der Waals surface area contributed by atoms with E-state index in [0.717, 1.165) is 0 Å². The van der Waals surface area contributed by atoms with Crippen LogP contribution >= 0.6 is 23.2 Å². The Labute approximate surface area is 490 Å². The number of primary amides is 1. The van der Waals surface area contributed by atoms with E-state index in [4.69, 9.17) is 57.4 Å². The van der Waals surface area contributed by atoms with Crippen LogP contribution in [-0.4, -0.2) is 122 Å². The number of halogens is 2. The number of rotatable bonds is 12. The van der Waals surface area contributed by atoms with E-state index >= 15 is 9.59 Å². The van der Waals surface area contributed by atoms with E-state index < -0.39 is 108 Å². The van der Waals surface area contributed by atoms with Gasteiger partial charge in [0.05, 0.1) is 50.9 Å². The topological polar surface area (TPSA) is 363 Å². The Balaban J connectivity index is 1.39. The van der Waals surface area contributed by atoms with E-state index in [-0.39, 0.29) is 101 Å². The van der Waals surface area contributed by atoms with E-state index in [1.807, 2.05) is 13.8 Å². The van der Waals surface area contributed by atoms with Crippen molar-refractivity contribution in [1.29, 1.82) is 0 Å². The van der Waals surface area contributed by atoms with Gasteiger partial charge in [0.2, 0.25) is 47.1 Å². The number of aliphatic hydroxyl groups is 2. The highest BCUT2D eigenvalue weighted by molar-refractivity contribution is 6.32. The highest BCUT2D eigenvalue weighted by Gasteiger charge is 2.42. The molecule has 0 saturated heterocycles. The smallest absolute Gasteiger partial charge is 0.330 e. The second-order valence-corrected chi connectivity index (χ2v) is 20.9. The van der Waals surface area contributed by atoms with E-state index in [1.54, 1.807) is 0 Å². The van der Waals surface area contributed by atoms with Gasteiger partial charge in [-0.05, 0) is 96.2 Å². The predicted octanol–water partition coefficient (Wildman–Crippen LogP) is 3.61. The molecule has 10 rings (SSSR count). The maximum Gasteiger partial charge on any atom is 0.330 e. The number of likely N-dealkylation sites (N-methyl/N-ethyl adjacent to an activating group) is 1. The van der Waals surface area contributed by atoms with Crippen LogP contribution in [0.4, 0.5) is 0 Å². The summed E-state index contributed by atoms with van der Waals surface area (Å²) in [6, 6.07) is 4.38. The number of methoxy groups -OCH3 is 4. The van der Waals surface area contributed by atoms with Gasteiger partial charge in [-0.2, -0.15) is 0 Å². The van der Waals surface area contributed by atoms with E-state index in [1.165, 1.54) is 114 Å². The van der Waals surface area contributed by atoms with E-state index in [0.29, 0.717) is 6.42 Å². The Morgan fingerprint density at radius 1 is 0.643 bits per heavy atom. The lowest BCUT2D eigenvalue weighted by atomic mass is 9.89. The van der Waals surface area contributed by atoms with Gasteiger partial charge in [-0.15, -0.1) is 0 Å². The molecule has 9 atom stereocenters. The number of aliphatic hydroxyl groups excluding tert-OH is 2. The highest BCUT2D eigenvalue weighted by Crippen LogP contribution is 2.48. The fourth-order valence-electron chi connectivity index (χ4n) is 9.95. The van der Waals surface area contributed by atoms with Crippen LogP contribution in [0.1, 0.15) is 84.8 Å². The van der Waals surface area contributed by atoms with Crippen molar-refractivity contribution in [2.24, 2.45) is 11.7 Å². The molecule has 84 heavy (non-hydrogen) atoms. The number of nitrogens with one attached hydrogen (secondary N) is 7. The molecule has 5 aromatic rings. The minimum absolute atomic E-state index is 0.00109. The number of fused-ring (bicyclic) bond motifs is 15. The number of hydrogen-bond acceptors (Lipinski definition) is 17. The summed E-state index contributed by atoms with van der Waals surface area (Å²) in [7, 11) is 6.69. The predicted molar refractivity (Wildman–Crippen MR) is 300 cm³/mol. The summed E-state index contributed by atoms with van der Waals surface area (Å²) in [4.78, 5) is 115. The first-order valence-electron chi connectivity index (χ1n) is 26.0. The van der Waals surface area contributed by atoms with Crippen molar-refractivity contribution >= 4 is 70.5 Å². The largest absolute Gasteiger partial charge is 0.497 e. The van der Waals surface area contributed by atoms with Gasteiger partial charge in [-0.1, -0.05) is 55.2 Å². The van der Waals surface area contributed by atoms with Gasteiger partial charge < -0.3 is 86.7 Å². The third kappa shape index (κ3) is 12.8. The van der Waals surface area contributed by atoms with Crippen LogP contribution in [0.2, 0.25) is 10.0 Å². The summed E-state index contributed by atoms with van der Waals surface area (Å²) in [5.41, 5.74) is 5.26. The lowest BCUT2D eigenvalue weighted by Gasteiger charge is -2.31. The van der Waals surface area contributed by atoms with E-state index in [9.17, 15) is 44.1 Å². The molecule has 5 aliphatic heterocycles. The summed E-state index contributed by atoms with van der Waals surface area (Å²) in [5.74, 6) is -10.3. The monoisotopic (exact) mass is 1200 g/mol. The highest BCUT2D eigenvalue weighted by atomic mass is 35.5. The van der Waals surface area contributed by atoms with Crippen molar-refractivity contribution in [2.75, 3.05) is 35.5 Å². The van der Waals surface area contributed by atoms with Crippen LogP contribution in [0, 0.1) is 5.92 Å². The molecule has 0 radical (unpaired) electrons. The average molecular weight is 1200 g/mol. The first-order valence-corrected chi connectivity index (χ1v) is 26.7. The lowest BCUT2D eigenvalue weighted by molar-refractivity contribution is -0.143. The molecule has 0 aromatic heterocycles. The molecule has 12 N–H and O–H groups in total. The zero-order chi connectivity index (χ0) is 61.0. The minimum atomic E-state index is -2.08. The lowest BCUT2D eigenvalue weighted by Crippen LogP contribution is -2.59. The maximum atomic E-state index is 15.7.